The van der Waals surface area contributed by atoms with Crippen LogP contribution in [0.5, 0.6) is 0 Å². The summed E-state index contributed by atoms with van der Waals surface area (Å²) in [5.74, 6) is -1.35. The van der Waals surface area contributed by atoms with Gasteiger partial charge in [0.05, 0.1) is 11.9 Å². The van der Waals surface area contributed by atoms with Crippen LogP contribution in [0.15, 0.2) is 42.5 Å². The van der Waals surface area contributed by atoms with Gasteiger partial charge >= 0.3 is 0 Å². The topological polar surface area (TPSA) is 86.8 Å². The van der Waals surface area contributed by atoms with Crippen molar-refractivity contribution in [2.24, 2.45) is 0 Å². The van der Waals surface area contributed by atoms with E-state index in [2.05, 4.69) is 5.32 Å². The normalized spacial score (nSPS) is 12.7. The number of anilines is 1. The Morgan fingerprint density at radius 2 is 1.71 bits per heavy atom. The van der Waals surface area contributed by atoms with Gasteiger partial charge in [0.15, 0.2) is 0 Å². The standard InChI is InChI=1S/C25H33ClFN3O4S/c1-7-21(24(32)28-25(3,4)5)29(15-18-8-11-20(27)12-9-18)23(31)16-30(35(6,33)34)22-13-10-19(26)14-17(22)2/h8-14,21H,7,15-16H2,1-6H3,(H,28,32). The predicted octanol–water partition coefficient (Wildman–Crippen LogP) is 4.28. The molecule has 1 atom stereocenters. The number of carbonyl (C=O) groups is 2. The lowest BCUT2D eigenvalue weighted by molar-refractivity contribution is -0.141. The third-order valence-corrected chi connectivity index (χ3v) is 6.62. The maximum absolute atomic E-state index is 13.6. The maximum atomic E-state index is 13.6. The molecule has 7 nitrogen and oxygen atoms in total. The molecule has 0 saturated carbocycles. The van der Waals surface area contributed by atoms with Gasteiger partial charge in [0.25, 0.3) is 0 Å². The predicted molar refractivity (Wildman–Crippen MR) is 137 cm³/mol. The summed E-state index contributed by atoms with van der Waals surface area (Å²) < 4.78 is 39.8. The van der Waals surface area contributed by atoms with Crippen LogP contribution in [0.3, 0.4) is 0 Å². The first-order valence-electron chi connectivity index (χ1n) is 11.2. The number of amides is 2. The number of benzene rings is 2. The van der Waals surface area contributed by atoms with Crippen molar-refractivity contribution in [2.75, 3.05) is 17.1 Å². The van der Waals surface area contributed by atoms with E-state index in [1.807, 2.05) is 20.8 Å². The molecule has 2 aromatic carbocycles. The average Bonchev–Trinajstić information content (AvgIpc) is 2.71. The third kappa shape index (κ3) is 8.21. The molecule has 0 saturated heterocycles. The third-order valence-electron chi connectivity index (χ3n) is 5.26. The first kappa shape index (κ1) is 28.6. The summed E-state index contributed by atoms with van der Waals surface area (Å²) in [5, 5.41) is 3.33. The van der Waals surface area contributed by atoms with Crippen LogP contribution in [0.2, 0.25) is 5.02 Å². The van der Waals surface area contributed by atoms with Crippen LogP contribution in [0.4, 0.5) is 10.1 Å². The fourth-order valence-corrected chi connectivity index (χ4v) is 4.79. The van der Waals surface area contributed by atoms with Crippen LogP contribution in [0.1, 0.15) is 45.2 Å². The zero-order chi connectivity index (χ0) is 26.6. The molecule has 0 aliphatic heterocycles. The second kappa shape index (κ2) is 11.4. The van der Waals surface area contributed by atoms with E-state index in [0.717, 1.165) is 10.6 Å². The van der Waals surface area contributed by atoms with Crippen molar-refractivity contribution in [3.63, 3.8) is 0 Å². The quantitative estimate of drug-likeness (QED) is 0.529. The lowest BCUT2D eigenvalue weighted by Crippen LogP contribution is -2.55. The Balaban J connectivity index is 2.48. The number of carbonyl (C=O) groups excluding carboxylic acids is 2. The van der Waals surface area contributed by atoms with Crippen molar-refractivity contribution in [1.82, 2.24) is 10.2 Å². The zero-order valence-electron chi connectivity index (χ0n) is 20.9. The molecule has 35 heavy (non-hydrogen) atoms. The van der Waals surface area contributed by atoms with E-state index in [0.29, 0.717) is 28.3 Å². The summed E-state index contributed by atoms with van der Waals surface area (Å²) in [7, 11) is -3.85. The molecule has 1 unspecified atom stereocenters. The van der Waals surface area contributed by atoms with Gasteiger partial charge in [0.2, 0.25) is 21.8 Å². The molecule has 2 aromatic rings. The molecule has 0 bridgehead atoms. The lowest BCUT2D eigenvalue weighted by Gasteiger charge is -2.34. The van der Waals surface area contributed by atoms with E-state index in [4.69, 9.17) is 11.6 Å². The number of nitrogens with one attached hydrogen (secondary N) is 1. The number of sulfonamides is 1. The Labute approximate surface area is 212 Å². The Morgan fingerprint density at radius 1 is 1.11 bits per heavy atom. The largest absolute Gasteiger partial charge is 0.350 e. The molecule has 192 valence electrons. The van der Waals surface area contributed by atoms with Crippen LogP contribution in [0.25, 0.3) is 0 Å². The highest BCUT2D eigenvalue weighted by atomic mass is 35.5. The summed E-state index contributed by atoms with van der Waals surface area (Å²) in [4.78, 5) is 28.1. The van der Waals surface area contributed by atoms with Crippen LogP contribution in [-0.4, -0.2) is 49.5 Å². The molecule has 0 aliphatic carbocycles. The van der Waals surface area contributed by atoms with Crippen LogP contribution < -0.4 is 9.62 Å². The number of rotatable bonds is 9. The van der Waals surface area contributed by atoms with Gasteiger partial charge in [-0.15, -0.1) is 0 Å². The molecule has 1 N–H and O–H groups in total. The van der Waals surface area contributed by atoms with E-state index in [1.165, 1.54) is 29.2 Å². The van der Waals surface area contributed by atoms with Gasteiger partial charge in [-0.25, -0.2) is 12.8 Å². The minimum Gasteiger partial charge on any atom is -0.350 e. The van der Waals surface area contributed by atoms with Crippen LogP contribution >= 0.6 is 11.6 Å². The average molecular weight is 526 g/mol. The van der Waals surface area contributed by atoms with E-state index >= 15 is 0 Å². The van der Waals surface area contributed by atoms with Gasteiger partial charge in [-0.3, -0.25) is 13.9 Å². The molecule has 0 spiro atoms. The monoisotopic (exact) mass is 525 g/mol. The number of hydrogen-bond acceptors (Lipinski definition) is 4. The summed E-state index contributed by atoms with van der Waals surface area (Å²) >= 11 is 6.03. The minimum absolute atomic E-state index is 0.00633. The Hall–Kier alpha value is -2.65. The van der Waals surface area contributed by atoms with Gasteiger partial charge in [0, 0.05) is 17.1 Å². The van der Waals surface area contributed by atoms with Crippen LogP contribution in [-0.2, 0) is 26.2 Å². The number of nitrogens with zero attached hydrogens (tertiary/aromatic N) is 2. The molecule has 2 rings (SSSR count). The van der Waals surface area contributed by atoms with Crippen molar-refractivity contribution in [1.29, 1.82) is 0 Å². The first-order chi connectivity index (χ1) is 16.1. The van der Waals surface area contributed by atoms with Crippen molar-refractivity contribution in [3.8, 4) is 0 Å². The molecule has 0 fully saturated rings. The minimum atomic E-state index is -3.85. The Bertz CT molecular complexity index is 1160. The van der Waals surface area contributed by atoms with Gasteiger partial charge in [0.1, 0.15) is 18.4 Å². The molecule has 0 radical (unpaired) electrons. The first-order valence-corrected chi connectivity index (χ1v) is 13.4. The van der Waals surface area contributed by atoms with E-state index in [1.54, 1.807) is 32.0 Å². The molecular formula is C25H33ClFN3O4S. The van der Waals surface area contributed by atoms with Gasteiger partial charge in [-0.05, 0) is 75.6 Å². The van der Waals surface area contributed by atoms with Crippen molar-refractivity contribution >= 4 is 39.1 Å². The number of halogens is 2. The Morgan fingerprint density at radius 3 is 2.20 bits per heavy atom. The van der Waals surface area contributed by atoms with Gasteiger partial charge in [-0.1, -0.05) is 30.7 Å². The summed E-state index contributed by atoms with van der Waals surface area (Å²) in [6.45, 7) is 8.46. The van der Waals surface area contributed by atoms with Gasteiger partial charge < -0.3 is 10.2 Å². The highest BCUT2D eigenvalue weighted by molar-refractivity contribution is 7.92. The second-order valence-corrected chi connectivity index (χ2v) is 11.9. The molecule has 10 heteroatoms. The zero-order valence-corrected chi connectivity index (χ0v) is 22.5. The fraction of sp³-hybridized carbons (Fsp3) is 0.440. The second-order valence-electron chi connectivity index (χ2n) is 9.51. The molecule has 0 aromatic heterocycles. The molecule has 2 amide bonds. The highest BCUT2D eigenvalue weighted by Gasteiger charge is 2.33. The number of aryl methyl sites for hydroxylation is 1. The maximum Gasteiger partial charge on any atom is 0.244 e. The van der Waals surface area contributed by atoms with Crippen molar-refractivity contribution in [2.45, 2.75) is 59.2 Å². The SMILES string of the molecule is CCC(C(=O)NC(C)(C)C)N(Cc1ccc(F)cc1)C(=O)CN(c1ccc(Cl)cc1C)S(C)(=O)=O. The molecule has 0 aliphatic rings. The van der Waals surface area contributed by atoms with E-state index < -0.39 is 39.9 Å². The highest BCUT2D eigenvalue weighted by Crippen LogP contribution is 2.26. The van der Waals surface area contributed by atoms with E-state index in [9.17, 15) is 22.4 Å². The fourth-order valence-electron chi connectivity index (χ4n) is 3.65. The summed E-state index contributed by atoms with van der Waals surface area (Å²) in [6.07, 6.45) is 1.32. The molecule has 0 heterocycles. The summed E-state index contributed by atoms with van der Waals surface area (Å²) in [5.41, 5.74) is 0.974. The smallest absolute Gasteiger partial charge is 0.244 e. The number of hydrogen-bond donors (Lipinski definition) is 1. The van der Waals surface area contributed by atoms with E-state index in [-0.39, 0.29) is 12.5 Å². The van der Waals surface area contributed by atoms with Crippen LogP contribution in [0, 0.1) is 12.7 Å². The van der Waals surface area contributed by atoms with Crippen molar-refractivity contribution < 1.29 is 22.4 Å². The lowest BCUT2D eigenvalue weighted by atomic mass is 10.1. The van der Waals surface area contributed by atoms with Gasteiger partial charge in [-0.2, -0.15) is 0 Å². The Kier molecular flexibility index (Phi) is 9.30. The summed E-state index contributed by atoms with van der Waals surface area (Å²) in [6, 6.07) is 9.45. The van der Waals surface area contributed by atoms with Crippen molar-refractivity contribution in [3.05, 3.63) is 64.4 Å². The molecular weight excluding hydrogens is 493 g/mol.